The lowest BCUT2D eigenvalue weighted by atomic mass is 9.75. The zero-order valence-electron chi connectivity index (χ0n) is 18.0. The first kappa shape index (κ1) is 20.6. The van der Waals surface area contributed by atoms with Gasteiger partial charge in [-0.1, -0.05) is 60.7 Å². The fourth-order valence-electron chi connectivity index (χ4n) is 5.51. The predicted molar refractivity (Wildman–Crippen MR) is 123 cm³/mol. The Morgan fingerprint density at radius 3 is 2.16 bits per heavy atom. The molecule has 0 atom stereocenters. The highest BCUT2D eigenvalue weighted by Gasteiger charge is 2.38. The molecule has 1 N–H and O–H groups in total. The van der Waals surface area contributed by atoms with Crippen molar-refractivity contribution in [1.82, 2.24) is 9.80 Å². The van der Waals surface area contributed by atoms with Gasteiger partial charge in [-0.25, -0.2) is 4.39 Å². The lowest BCUT2D eigenvalue weighted by molar-refractivity contribution is -0.0310. The summed E-state index contributed by atoms with van der Waals surface area (Å²) in [4.78, 5) is 5.15. The molecule has 2 fully saturated rings. The summed E-state index contributed by atoms with van der Waals surface area (Å²) in [5.74, 6) is -0.218. The Morgan fingerprint density at radius 1 is 0.806 bits per heavy atom. The number of benzene rings is 3. The summed E-state index contributed by atoms with van der Waals surface area (Å²) in [6.45, 7) is 5.40. The summed E-state index contributed by atoms with van der Waals surface area (Å²) in [7, 11) is 0. The van der Waals surface area contributed by atoms with Crippen molar-refractivity contribution < 1.29 is 9.50 Å². The molecule has 2 aliphatic rings. The highest BCUT2D eigenvalue weighted by atomic mass is 19.1. The van der Waals surface area contributed by atoms with Crippen molar-refractivity contribution in [2.45, 2.75) is 43.9 Å². The van der Waals surface area contributed by atoms with E-state index in [1.807, 2.05) is 18.2 Å². The van der Waals surface area contributed by atoms with Crippen LogP contribution in [0.4, 0.5) is 4.39 Å². The molecular weight excluding hydrogens is 387 g/mol. The van der Waals surface area contributed by atoms with Crippen LogP contribution in [0.25, 0.3) is 10.8 Å². The van der Waals surface area contributed by atoms with Gasteiger partial charge in [-0.15, -0.1) is 0 Å². The van der Waals surface area contributed by atoms with E-state index in [0.29, 0.717) is 11.4 Å². The van der Waals surface area contributed by atoms with Crippen LogP contribution in [0.1, 0.15) is 36.8 Å². The highest BCUT2D eigenvalue weighted by Crippen LogP contribution is 2.41. The molecule has 0 aromatic heterocycles. The van der Waals surface area contributed by atoms with Crippen molar-refractivity contribution in [2.24, 2.45) is 0 Å². The van der Waals surface area contributed by atoms with Gasteiger partial charge >= 0.3 is 0 Å². The average molecular weight is 419 g/mol. The van der Waals surface area contributed by atoms with Gasteiger partial charge in [0.1, 0.15) is 5.82 Å². The van der Waals surface area contributed by atoms with Crippen molar-refractivity contribution in [2.75, 3.05) is 26.2 Å². The fraction of sp³-hybridized carbons (Fsp3) is 0.407. The molecule has 162 valence electrons. The standard InChI is InChI=1S/C27H31FN2O/c28-26-11-10-25(23-8-4-5-9-24(23)26)27(31)14-12-22(13-15-27)30-18-16-29(17-19-30)20-21-6-2-1-3-7-21/h1-11,22,31H,12-20H2. The minimum absolute atomic E-state index is 0.218. The van der Waals surface area contributed by atoms with Gasteiger partial charge in [0.05, 0.1) is 5.60 Å². The van der Waals surface area contributed by atoms with Gasteiger partial charge in [-0.2, -0.15) is 0 Å². The third-order valence-corrected chi connectivity index (χ3v) is 7.33. The Morgan fingerprint density at radius 2 is 1.45 bits per heavy atom. The molecule has 1 aliphatic carbocycles. The van der Waals surface area contributed by atoms with E-state index >= 15 is 0 Å². The molecule has 3 aromatic carbocycles. The van der Waals surface area contributed by atoms with Crippen LogP contribution in [0.15, 0.2) is 66.7 Å². The van der Waals surface area contributed by atoms with Crippen LogP contribution in [0.5, 0.6) is 0 Å². The lowest BCUT2D eigenvalue weighted by Crippen LogP contribution is -2.51. The molecule has 1 aliphatic heterocycles. The smallest absolute Gasteiger partial charge is 0.131 e. The van der Waals surface area contributed by atoms with Crippen LogP contribution < -0.4 is 0 Å². The number of hydrogen-bond donors (Lipinski definition) is 1. The normalized spacial score (nSPS) is 25.7. The number of hydrogen-bond acceptors (Lipinski definition) is 3. The summed E-state index contributed by atoms with van der Waals surface area (Å²) < 4.78 is 14.2. The Hall–Kier alpha value is -2.27. The summed E-state index contributed by atoms with van der Waals surface area (Å²) in [6, 6.07) is 22.0. The molecule has 0 unspecified atom stereocenters. The first-order valence-electron chi connectivity index (χ1n) is 11.5. The largest absolute Gasteiger partial charge is 0.385 e. The predicted octanol–water partition coefficient (Wildman–Crippen LogP) is 4.93. The Labute approximate surface area is 184 Å². The second-order valence-corrected chi connectivity index (χ2v) is 9.20. The number of aliphatic hydroxyl groups is 1. The van der Waals surface area contributed by atoms with Crippen LogP contribution in [0.2, 0.25) is 0 Å². The maximum atomic E-state index is 14.2. The van der Waals surface area contributed by atoms with E-state index in [1.165, 1.54) is 11.6 Å². The van der Waals surface area contributed by atoms with E-state index in [1.54, 1.807) is 12.1 Å². The molecule has 31 heavy (non-hydrogen) atoms. The number of fused-ring (bicyclic) bond motifs is 1. The van der Waals surface area contributed by atoms with E-state index < -0.39 is 5.60 Å². The molecule has 0 radical (unpaired) electrons. The molecule has 3 nitrogen and oxygen atoms in total. The molecule has 1 saturated heterocycles. The Kier molecular flexibility index (Phi) is 5.79. The van der Waals surface area contributed by atoms with Crippen LogP contribution in [0.3, 0.4) is 0 Å². The number of rotatable bonds is 4. The van der Waals surface area contributed by atoms with Gasteiger partial charge in [0, 0.05) is 44.2 Å². The quantitative estimate of drug-likeness (QED) is 0.651. The molecule has 3 aromatic rings. The first-order valence-corrected chi connectivity index (χ1v) is 11.5. The third-order valence-electron chi connectivity index (χ3n) is 7.33. The zero-order valence-corrected chi connectivity index (χ0v) is 18.0. The topological polar surface area (TPSA) is 26.7 Å². The SMILES string of the molecule is OC1(c2ccc(F)c3ccccc23)CCC(N2CCN(Cc3ccccc3)CC2)CC1. The van der Waals surface area contributed by atoms with E-state index in [4.69, 9.17) is 0 Å². The van der Waals surface area contributed by atoms with Crippen molar-refractivity contribution in [1.29, 1.82) is 0 Å². The lowest BCUT2D eigenvalue weighted by Gasteiger charge is -2.44. The maximum absolute atomic E-state index is 14.2. The van der Waals surface area contributed by atoms with E-state index in [9.17, 15) is 9.50 Å². The van der Waals surface area contributed by atoms with Gasteiger partial charge in [-0.05, 0) is 48.3 Å². The number of halogens is 1. The second-order valence-electron chi connectivity index (χ2n) is 9.20. The monoisotopic (exact) mass is 418 g/mol. The van der Waals surface area contributed by atoms with Crippen molar-refractivity contribution in [3.8, 4) is 0 Å². The van der Waals surface area contributed by atoms with E-state index in [2.05, 4.69) is 40.1 Å². The molecule has 0 spiro atoms. The summed E-state index contributed by atoms with van der Waals surface area (Å²) in [5, 5.41) is 13.0. The van der Waals surface area contributed by atoms with E-state index in [-0.39, 0.29) is 5.82 Å². The Balaban J connectivity index is 1.21. The third kappa shape index (κ3) is 4.25. The average Bonchev–Trinajstić information content (AvgIpc) is 2.81. The zero-order chi connectivity index (χ0) is 21.3. The van der Waals surface area contributed by atoms with Crippen LogP contribution >= 0.6 is 0 Å². The molecule has 0 bridgehead atoms. The minimum atomic E-state index is -0.862. The Bertz CT molecular complexity index is 1020. The molecule has 1 saturated carbocycles. The fourth-order valence-corrected chi connectivity index (χ4v) is 5.51. The van der Waals surface area contributed by atoms with Gasteiger partial charge in [0.15, 0.2) is 0 Å². The molecule has 0 amide bonds. The first-order chi connectivity index (χ1) is 15.1. The van der Waals surface area contributed by atoms with Crippen LogP contribution in [0, 0.1) is 5.82 Å². The van der Waals surface area contributed by atoms with Gasteiger partial charge in [0.2, 0.25) is 0 Å². The van der Waals surface area contributed by atoms with Crippen LogP contribution in [-0.2, 0) is 12.1 Å². The summed E-state index contributed by atoms with van der Waals surface area (Å²) in [5.41, 5.74) is 1.40. The van der Waals surface area contributed by atoms with Crippen LogP contribution in [-0.4, -0.2) is 47.1 Å². The van der Waals surface area contributed by atoms with Gasteiger partial charge in [-0.3, -0.25) is 9.80 Å². The minimum Gasteiger partial charge on any atom is -0.385 e. The molecule has 1 heterocycles. The molecule has 5 rings (SSSR count). The van der Waals surface area contributed by atoms with Gasteiger partial charge in [0.25, 0.3) is 0 Å². The number of nitrogens with zero attached hydrogens (tertiary/aromatic N) is 2. The van der Waals surface area contributed by atoms with Crippen molar-refractivity contribution in [3.05, 3.63) is 83.7 Å². The second kappa shape index (κ2) is 8.70. The maximum Gasteiger partial charge on any atom is 0.131 e. The molecule has 4 heteroatoms. The summed E-state index contributed by atoms with van der Waals surface area (Å²) >= 11 is 0. The van der Waals surface area contributed by atoms with Crippen molar-refractivity contribution >= 4 is 10.8 Å². The van der Waals surface area contributed by atoms with Gasteiger partial charge < -0.3 is 5.11 Å². The van der Waals surface area contributed by atoms with Crippen molar-refractivity contribution in [3.63, 3.8) is 0 Å². The summed E-state index contributed by atoms with van der Waals surface area (Å²) in [6.07, 6.45) is 3.44. The molecular formula is C27H31FN2O. The highest BCUT2D eigenvalue weighted by molar-refractivity contribution is 5.87. The van der Waals surface area contributed by atoms with E-state index in [0.717, 1.165) is 69.4 Å². The number of piperazine rings is 1.